The molecule has 6 rings (SSSR count). The molecule has 20 heteroatoms. The van der Waals surface area contributed by atoms with E-state index in [4.69, 9.17) is 9.68 Å². The normalized spacial score (nSPS) is 20.6. The summed E-state index contributed by atoms with van der Waals surface area (Å²) in [5.41, 5.74) is 1.75. The first kappa shape index (κ1) is 47.3. The average molecular weight is 915 g/mol. The maximum absolute atomic E-state index is 12.4. The number of benzene rings is 2. The molecule has 0 radical (unpaired) electrons. The van der Waals surface area contributed by atoms with Gasteiger partial charge in [-0.2, -0.15) is 16.8 Å². The van der Waals surface area contributed by atoms with Crippen LogP contribution in [0, 0.1) is 0 Å². The predicted octanol–water partition coefficient (Wildman–Crippen LogP) is 5.09. The van der Waals surface area contributed by atoms with Crippen LogP contribution in [0.5, 0.6) is 0 Å². The number of fused-ring (bicyclic) bond motifs is 2. The second-order valence-electron chi connectivity index (χ2n) is 17.5. The van der Waals surface area contributed by atoms with Crippen molar-refractivity contribution in [3.8, 4) is 0 Å². The van der Waals surface area contributed by atoms with Crippen molar-refractivity contribution in [1.29, 1.82) is 0 Å². The fourth-order valence-corrected chi connectivity index (χ4v) is 10.0. The van der Waals surface area contributed by atoms with Gasteiger partial charge < -0.3 is 19.5 Å². The molecule has 2 fully saturated rings. The smallest absolute Gasteiger partial charge is 0.333 e. The van der Waals surface area contributed by atoms with Crippen LogP contribution in [0.15, 0.2) is 58.3 Å². The number of nitrogens with zero attached hydrogens (tertiary/aromatic N) is 4. The zero-order valence-corrected chi connectivity index (χ0v) is 37.4. The Balaban J connectivity index is 1.16. The zero-order valence-electron chi connectivity index (χ0n) is 35.8. The highest BCUT2D eigenvalue weighted by atomic mass is 32.2. The molecule has 2 aromatic rings. The number of imide groups is 2. The predicted molar refractivity (Wildman–Crippen MR) is 226 cm³/mol. The summed E-state index contributed by atoms with van der Waals surface area (Å²) in [6.07, 6.45) is 7.92. The number of rotatable bonds is 19. The Morgan fingerprint density at radius 3 is 1.49 bits per heavy atom. The topological polar surface area (TPSA) is 243 Å². The molecule has 2 atom stereocenters. The molecule has 2 aromatic carbocycles. The van der Waals surface area contributed by atoms with Gasteiger partial charge in [-0.05, 0) is 79.6 Å². The monoisotopic (exact) mass is 914 g/mol. The Morgan fingerprint density at radius 2 is 1.05 bits per heavy atom. The van der Waals surface area contributed by atoms with Gasteiger partial charge in [-0.25, -0.2) is 9.59 Å². The van der Waals surface area contributed by atoms with Crippen LogP contribution in [0.3, 0.4) is 0 Å². The number of anilines is 2. The van der Waals surface area contributed by atoms with Gasteiger partial charge >= 0.3 is 11.9 Å². The number of hydroxylamine groups is 4. The van der Waals surface area contributed by atoms with Crippen LogP contribution in [0.25, 0.3) is 0 Å². The summed E-state index contributed by atoms with van der Waals surface area (Å²) in [7, 11) is -9.00. The van der Waals surface area contributed by atoms with E-state index in [1.807, 2.05) is 27.7 Å². The average Bonchev–Trinajstić information content (AvgIpc) is 3.83. The molecule has 0 bridgehead atoms. The summed E-state index contributed by atoms with van der Waals surface area (Å²) < 4.78 is 68.7. The summed E-state index contributed by atoms with van der Waals surface area (Å²) in [4.78, 5) is 86.1. The molecular formula is C43H54N4O14S2. The number of hydrogen-bond acceptors (Lipinski definition) is 14. The Bertz CT molecular complexity index is 2400. The minimum atomic E-state index is -4.50. The third-order valence-corrected chi connectivity index (χ3v) is 14.2. The lowest BCUT2D eigenvalue weighted by Gasteiger charge is -2.35. The quantitative estimate of drug-likeness (QED) is 0.0807. The third-order valence-electron chi connectivity index (χ3n) is 12.5. The standard InChI is InChI=1S/C43H54N4O14S2/c1-42(2)30-26-28(62(54,55)56)16-18-32(30)44(24-9-5-7-14-40(52)60-46-36(48)20-21-37(46)49)34(42)12-11-13-35-43(3,4)31-27-29(63(57,58)59)17-19-33(31)45(35)25-10-6-8-15-41(53)61-47-38(50)22-23-39(47)51/h11-12,16-19,26-27,34-35H,5-10,13-15,20-25H2,1-4H3,(H,54,55,56)(H,57,58,59). The number of hydrogen-bond donors (Lipinski definition) is 2. The molecule has 2 saturated heterocycles. The molecule has 0 saturated carbocycles. The van der Waals surface area contributed by atoms with Gasteiger partial charge in [-0.1, -0.05) is 52.7 Å². The molecule has 4 amide bonds. The van der Waals surface area contributed by atoms with Crippen molar-refractivity contribution in [3.05, 3.63) is 59.7 Å². The van der Waals surface area contributed by atoms with E-state index >= 15 is 0 Å². The second-order valence-corrected chi connectivity index (χ2v) is 20.3. The first-order valence-electron chi connectivity index (χ1n) is 21.1. The highest BCUT2D eigenvalue weighted by molar-refractivity contribution is 7.86. The molecule has 63 heavy (non-hydrogen) atoms. The fraction of sp³-hybridized carbons (Fsp3) is 0.535. The highest BCUT2D eigenvalue weighted by Gasteiger charge is 2.46. The minimum absolute atomic E-state index is 0.000422. The van der Waals surface area contributed by atoms with Crippen LogP contribution < -0.4 is 9.80 Å². The van der Waals surface area contributed by atoms with E-state index in [-0.39, 0.29) is 60.4 Å². The van der Waals surface area contributed by atoms with Gasteiger partial charge in [0.1, 0.15) is 0 Å². The Hall–Kier alpha value is -5.18. The molecule has 4 aliphatic heterocycles. The van der Waals surface area contributed by atoms with E-state index < -0.39 is 66.6 Å². The molecular weight excluding hydrogens is 861 g/mol. The Labute approximate surface area is 366 Å². The lowest BCUT2D eigenvalue weighted by atomic mass is 9.78. The van der Waals surface area contributed by atoms with Crippen molar-refractivity contribution in [3.63, 3.8) is 0 Å². The van der Waals surface area contributed by atoms with Gasteiger partial charge in [0.25, 0.3) is 43.9 Å². The molecule has 2 unspecified atom stereocenters. The molecule has 4 aliphatic rings. The summed E-state index contributed by atoms with van der Waals surface area (Å²) >= 11 is 0. The van der Waals surface area contributed by atoms with Gasteiger partial charge in [0, 0.05) is 79.9 Å². The number of carbonyl (C=O) groups is 6. The van der Waals surface area contributed by atoms with Gasteiger partial charge in [0.15, 0.2) is 0 Å². The molecule has 0 aromatic heterocycles. The van der Waals surface area contributed by atoms with Crippen LogP contribution in [0.2, 0.25) is 0 Å². The van der Waals surface area contributed by atoms with Gasteiger partial charge in [0.05, 0.1) is 15.8 Å². The zero-order chi connectivity index (χ0) is 46.1. The Morgan fingerprint density at radius 1 is 0.635 bits per heavy atom. The van der Waals surface area contributed by atoms with Crippen LogP contribution in [-0.2, 0) is 69.5 Å². The molecule has 0 aliphatic carbocycles. The summed E-state index contributed by atoms with van der Waals surface area (Å²) in [6, 6.07) is 8.56. The Kier molecular flexibility index (Phi) is 13.9. The second kappa shape index (κ2) is 18.5. The van der Waals surface area contributed by atoms with E-state index in [0.717, 1.165) is 16.9 Å². The largest absolute Gasteiger partial charge is 0.367 e. The van der Waals surface area contributed by atoms with Crippen molar-refractivity contribution in [1.82, 2.24) is 10.1 Å². The fourth-order valence-electron chi connectivity index (χ4n) is 9.03. The van der Waals surface area contributed by atoms with E-state index in [0.29, 0.717) is 73.7 Å². The summed E-state index contributed by atoms with van der Waals surface area (Å²) in [6.45, 7) is 9.02. The third kappa shape index (κ3) is 10.3. The van der Waals surface area contributed by atoms with Gasteiger partial charge in [0.2, 0.25) is 0 Å². The van der Waals surface area contributed by atoms with Crippen LogP contribution >= 0.6 is 0 Å². The van der Waals surface area contributed by atoms with Crippen LogP contribution in [0.1, 0.15) is 122 Å². The first-order chi connectivity index (χ1) is 29.5. The molecule has 4 heterocycles. The maximum atomic E-state index is 12.4. The van der Waals surface area contributed by atoms with Crippen molar-refractivity contribution >= 4 is 67.2 Å². The SMILES string of the molecule is CC1(C)c2cc(S(=O)(=O)O)ccc2N(CCCCCC(=O)ON2C(=O)CCC2=O)C1C=CCC1N(CCCCCC(=O)ON2C(=O)CCC2=O)c2ccc(S(=O)(=O)O)cc2C1(C)C. The highest BCUT2D eigenvalue weighted by Crippen LogP contribution is 2.49. The summed E-state index contributed by atoms with van der Waals surface area (Å²) in [5, 5.41) is 1.05. The van der Waals surface area contributed by atoms with E-state index in [9.17, 15) is 54.7 Å². The number of carbonyl (C=O) groups excluding carboxylic acids is 6. The lowest BCUT2D eigenvalue weighted by molar-refractivity contribution is -0.197. The number of amides is 4. The van der Waals surface area contributed by atoms with Crippen molar-refractivity contribution in [2.75, 3.05) is 22.9 Å². The van der Waals surface area contributed by atoms with Crippen molar-refractivity contribution in [2.45, 2.75) is 144 Å². The summed E-state index contributed by atoms with van der Waals surface area (Å²) in [5.74, 6) is -3.56. The first-order valence-corrected chi connectivity index (χ1v) is 24.0. The lowest BCUT2D eigenvalue weighted by Crippen LogP contribution is -2.42. The molecule has 0 spiro atoms. The van der Waals surface area contributed by atoms with Gasteiger partial charge in [-0.3, -0.25) is 28.3 Å². The van der Waals surface area contributed by atoms with E-state index in [2.05, 4.69) is 22.0 Å². The number of unbranched alkanes of at least 4 members (excludes halogenated alkanes) is 4. The van der Waals surface area contributed by atoms with Gasteiger partial charge in [-0.15, -0.1) is 10.1 Å². The van der Waals surface area contributed by atoms with E-state index in [1.54, 1.807) is 12.1 Å². The minimum Gasteiger partial charge on any atom is -0.367 e. The molecule has 2 N–H and O–H groups in total. The molecule has 342 valence electrons. The molecule has 18 nitrogen and oxygen atoms in total. The van der Waals surface area contributed by atoms with Crippen LogP contribution in [-0.4, -0.2) is 96.8 Å². The van der Waals surface area contributed by atoms with Crippen LogP contribution in [0.4, 0.5) is 11.4 Å². The maximum Gasteiger partial charge on any atom is 0.333 e. The van der Waals surface area contributed by atoms with E-state index in [1.165, 1.54) is 24.3 Å². The van der Waals surface area contributed by atoms with Crippen molar-refractivity contribution < 1.29 is 64.4 Å². The van der Waals surface area contributed by atoms with Crippen molar-refractivity contribution in [2.24, 2.45) is 0 Å².